The van der Waals surface area contributed by atoms with Crippen molar-refractivity contribution in [3.05, 3.63) is 35.1 Å². The molecule has 0 bridgehead atoms. The maximum Gasteiger partial charge on any atom is 0.303 e. The topological polar surface area (TPSA) is 57.5 Å². The molecule has 1 aromatic rings. The summed E-state index contributed by atoms with van der Waals surface area (Å²) >= 11 is 0. The molecule has 0 radical (unpaired) electrons. The van der Waals surface area contributed by atoms with Crippen LogP contribution in [-0.4, -0.2) is 16.2 Å². The Morgan fingerprint density at radius 3 is 2.73 bits per heavy atom. The van der Waals surface area contributed by atoms with Gasteiger partial charge in [-0.1, -0.05) is 12.1 Å². The third-order valence-corrected chi connectivity index (χ3v) is 2.13. The number of aryl methyl sites for hydroxylation is 1. The number of rotatable bonds is 5. The Bertz CT molecular complexity index is 350. The van der Waals surface area contributed by atoms with Crippen LogP contribution in [0.3, 0.4) is 0 Å². The number of halogens is 1. The summed E-state index contributed by atoms with van der Waals surface area (Å²) in [7, 11) is 0. The van der Waals surface area contributed by atoms with Gasteiger partial charge >= 0.3 is 5.97 Å². The van der Waals surface area contributed by atoms with E-state index in [0.717, 1.165) is 0 Å². The monoisotopic (exact) mass is 212 g/mol. The molecule has 0 aliphatic carbocycles. The zero-order chi connectivity index (χ0) is 11.3. The smallest absolute Gasteiger partial charge is 0.303 e. The van der Waals surface area contributed by atoms with Crippen LogP contribution < -0.4 is 0 Å². The zero-order valence-electron chi connectivity index (χ0n) is 8.24. The van der Waals surface area contributed by atoms with Crippen molar-refractivity contribution in [3.63, 3.8) is 0 Å². The second-order valence-corrected chi connectivity index (χ2v) is 3.33. The molecular weight excluding hydrogens is 199 g/mol. The molecule has 4 heteroatoms. The van der Waals surface area contributed by atoms with Crippen LogP contribution >= 0.6 is 0 Å². The number of hydrogen-bond donors (Lipinski definition) is 2. The second-order valence-electron chi connectivity index (χ2n) is 3.33. The van der Waals surface area contributed by atoms with Crippen molar-refractivity contribution in [2.24, 2.45) is 0 Å². The van der Waals surface area contributed by atoms with Crippen LogP contribution in [0.4, 0.5) is 4.39 Å². The van der Waals surface area contributed by atoms with Gasteiger partial charge < -0.3 is 10.2 Å². The van der Waals surface area contributed by atoms with Gasteiger partial charge in [-0.15, -0.1) is 0 Å². The predicted molar refractivity (Wildman–Crippen MR) is 52.9 cm³/mol. The van der Waals surface area contributed by atoms with Gasteiger partial charge in [0.05, 0.1) is 6.61 Å². The molecule has 1 rings (SSSR count). The molecule has 0 aliphatic heterocycles. The number of aliphatic carboxylic acids is 1. The van der Waals surface area contributed by atoms with Crippen molar-refractivity contribution in [1.82, 2.24) is 0 Å². The van der Waals surface area contributed by atoms with Crippen molar-refractivity contribution >= 4 is 5.97 Å². The van der Waals surface area contributed by atoms with E-state index in [1.807, 2.05) is 0 Å². The van der Waals surface area contributed by atoms with Gasteiger partial charge in [-0.25, -0.2) is 4.39 Å². The Morgan fingerprint density at radius 2 is 2.13 bits per heavy atom. The average Bonchev–Trinajstić information content (AvgIpc) is 2.20. The van der Waals surface area contributed by atoms with Crippen molar-refractivity contribution < 1.29 is 19.4 Å². The predicted octanol–water partition coefficient (Wildman–Crippen LogP) is 1.73. The lowest BCUT2D eigenvalue weighted by Gasteiger charge is -2.04. The highest BCUT2D eigenvalue weighted by atomic mass is 19.1. The summed E-state index contributed by atoms with van der Waals surface area (Å²) in [5, 5.41) is 17.3. The van der Waals surface area contributed by atoms with Crippen LogP contribution in [0.1, 0.15) is 24.0 Å². The quantitative estimate of drug-likeness (QED) is 0.781. The van der Waals surface area contributed by atoms with Crippen molar-refractivity contribution in [2.75, 3.05) is 0 Å². The summed E-state index contributed by atoms with van der Waals surface area (Å²) in [6.07, 6.45) is 0.815. The number of benzene rings is 1. The number of hydrogen-bond acceptors (Lipinski definition) is 2. The fourth-order valence-electron chi connectivity index (χ4n) is 1.35. The summed E-state index contributed by atoms with van der Waals surface area (Å²) < 4.78 is 13.2. The third-order valence-electron chi connectivity index (χ3n) is 2.13. The average molecular weight is 212 g/mol. The van der Waals surface area contributed by atoms with E-state index in [1.165, 1.54) is 12.1 Å². The normalized spacial score (nSPS) is 10.3. The Hall–Kier alpha value is -1.42. The Balaban J connectivity index is 2.62. The van der Waals surface area contributed by atoms with E-state index in [4.69, 9.17) is 10.2 Å². The first-order chi connectivity index (χ1) is 7.13. The van der Waals surface area contributed by atoms with E-state index in [0.29, 0.717) is 24.0 Å². The minimum absolute atomic E-state index is 0.0305. The molecule has 1 aromatic carbocycles. The molecule has 0 heterocycles. The molecule has 0 saturated carbocycles. The van der Waals surface area contributed by atoms with Gasteiger partial charge in [0.25, 0.3) is 0 Å². The van der Waals surface area contributed by atoms with Crippen molar-refractivity contribution in [3.8, 4) is 0 Å². The molecule has 2 N–H and O–H groups in total. The summed E-state index contributed by atoms with van der Waals surface area (Å²) in [6, 6.07) is 4.37. The van der Waals surface area contributed by atoms with Gasteiger partial charge in [0.2, 0.25) is 0 Å². The first-order valence-corrected chi connectivity index (χ1v) is 4.73. The van der Waals surface area contributed by atoms with Crippen LogP contribution in [-0.2, 0) is 17.8 Å². The minimum Gasteiger partial charge on any atom is -0.481 e. The molecular formula is C11H13FO3. The first kappa shape index (κ1) is 11.7. The number of aliphatic hydroxyl groups excluding tert-OH is 1. The maximum atomic E-state index is 13.2. The molecule has 0 aliphatic rings. The van der Waals surface area contributed by atoms with Crippen LogP contribution in [0.5, 0.6) is 0 Å². The van der Waals surface area contributed by atoms with E-state index in [-0.39, 0.29) is 18.8 Å². The highest BCUT2D eigenvalue weighted by Gasteiger charge is 2.04. The lowest BCUT2D eigenvalue weighted by Crippen LogP contribution is -1.98. The molecule has 0 saturated heterocycles. The molecule has 82 valence electrons. The lowest BCUT2D eigenvalue weighted by molar-refractivity contribution is -0.137. The van der Waals surface area contributed by atoms with Gasteiger partial charge in [0, 0.05) is 6.42 Å². The Morgan fingerprint density at radius 1 is 1.40 bits per heavy atom. The zero-order valence-corrected chi connectivity index (χ0v) is 8.24. The Labute approximate surface area is 87.2 Å². The Kier molecular flexibility index (Phi) is 4.24. The second kappa shape index (κ2) is 5.46. The number of aliphatic hydroxyl groups is 1. The molecule has 0 unspecified atom stereocenters. The lowest BCUT2D eigenvalue weighted by atomic mass is 10.0. The van der Waals surface area contributed by atoms with Gasteiger partial charge in [-0.05, 0) is 30.0 Å². The summed E-state index contributed by atoms with van der Waals surface area (Å²) in [5.74, 6) is -1.23. The standard InChI is InChI=1S/C11H13FO3/c12-10-5-4-8(7-13)6-9(10)2-1-3-11(14)15/h4-6,13H,1-3,7H2,(H,14,15). The largest absolute Gasteiger partial charge is 0.481 e. The fraction of sp³-hybridized carbons (Fsp3) is 0.364. The van der Waals surface area contributed by atoms with E-state index < -0.39 is 5.97 Å². The molecule has 0 atom stereocenters. The summed E-state index contributed by atoms with van der Waals surface area (Å²) in [4.78, 5) is 10.3. The summed E-state index contributed by atoms with van der Waals surface area (Å²) in [5.41, 5.74) is 1.10. The molecule has 15 heavy (non-hydrogen) atoms. The van der Waals surface area contributed by atoms with Gasteiger partial charge in [0.15, 0.2) is 0 Å². The van der Waals surface area contributed by atoms with Gasteiger partial charge in [-0.2, -0.15) is 0 Å². The highest BCUT2D eigenvalue weighted by Crippen LogP contribution is 2.13. The molecule has 0 aromatic heterocycles. The maximum absolute atomic E-state index is 13.2. The first-order valence-electron chi connectivity index (χ1n) is 4.73. The van der Waals surface area contributed by atoms with Gasteiger partial charge in [0.1, 0.15) is 5.82 Å². The van der Waals surface area contributed by atoms with E-state index in [2.05, 4.69) is 0 Å². The van der Waals surface area contributed by atoms with Crippen LogP contribution in [0.2, 0.25) is 0 Å². The molecule has 0 fully saturated rings. The van der Waals surface area contributed by atoms with Gasteiger partial charge in [-0.3, -0.25) is 4.79 Å². The summed E-state index contributed by atoms with van der Waals surface area (Å²) in [6.45, 7) is -0.133. The van der Waals surface area contributed by atoms with E-state index in [1.54, 1.807) is 6.07 Å². The van der Waals surface area contributed by atoms with Crippen molar-refractivity contribution in [2.45, 2.75) is 25.9 Å². The highest BCUT2D eigenvalue weighted by molar-refractivity contribution is 5.66. The van der Waals surface area contributed by atoms with Crippen molar-refractivity contribution in [1.29, 1.82) is 0 Å². The van der Waals surface area contributed by atoms with Crippen LogP contribution in [0, 0.1) is 5.82 Å². The number of carboxylic acid groups (broad SMARTS) is 1. The van der Waals surface area contributed by atoms with E-state index in [9.17, 15) is 9.18 Å². The number of carboxylic acids is 1. The third kappa shape index (κ3) is 3.67. The van der Waals surface area contributed by atoms with E-state index >= 15 is 0 Å². The van der Waals surface area contributed by atoms with Crippen LogP contribution in [0.25, 0.3) is 0 Å². The molecule has 3 nitrogen and oxygen atoms in total. The minimum atomic E-state index is -0.881. The number of carbonyl (C=O) groups is 1. The SMILES string of the molecule is O=C(O)CCCc1cc(CO)ccc1F. The van der Waals surface area contributed by atoms with Crippen LogP contribution in [0.15, 0.2) is 18.2 Å². The molecule has 0 spiro atoms. The molecule has 0 amide bonds. The fourth-order valence-corrected chi connectivity index (χ4v) is 1.35.